The number of para-hydroxylation sites is 1. The minimum Gasteiger partial charge on any atom is -0.488 e. The van der Waals surface area contributed by atoms with Gasteiger partial charge in [-0.15, -0.1) is 0 Å². The van der Waals surface area contributed by atoms with Crippen LogP contribution in [0.5, 0.6) is 5.75 Å². The van der Waals surface area contributed by atoms with Crippen molar-refractivity contribution in [2.75, 3.05) is 0 Å². The first-order valence-electron chi connectivity index (χ1n) is 8.57. The SMILES string of the molecule is O=[N+]([O-])c1cccc(CO/N=C\c2ccccc2OCc2ccc(Cl)cc2Cl)c1. The zero-order valence-corrected chi connectivity index (χ0v) is 16.6. The van der Waals surface area contributed by atoms with Crippen LogP contribution in [-0.2, 0) is 18.1 Å². The summed E-state index contributed by atoms with van der Waals surface area (Å²) in [4.78, 5) is 15.6. The molecule has 3 aromatic rings. The molecule has 0 aromatic heterocycles. The molecule has 0 atom stereocenters. The van der Waals surface area contributed by atoms with Gasteiger partial charge in [0, 0.05) is 33.3 Å². The third kappa shape index (κ3) is 5.94. The van der Waals surface area contributed by atoms with E-state index in [1.54, 1.807) is 24.3 Å². The zero-order valence-electron chi connectivity index (χ0n) is 15.1. The van der Waals surface area contributed by atoms with Gasteiger partial charge in [0.05, 0.1) is 11.1 Å². The number of nitrogens with zero attached hydrogens (tertiary/aromatic N) is 2. The molecule has 3 rings (SSSR count). The highest BCUT2D eigenvalue weighted by Crippen LogP contribution is 2.24. The molecule has 0 amide bonds. The van der Waals surface area contributed by atoms with E-state index in [2.05, 4.69) is 5.16 Å². The minimum atomic E-state index is -0.451. The molecule has 148 valence electrons. The Balaban J connectivity index is 1.61. The molecule has 0 aliphatic heterocycles. The molecule has 0 aliphatic carbocycles. The lowest BCUT2D eigenvalue weighted by Crippen LogP contribution is -1.99. The second-order valence-corrected chi connectivity index (χ2v) is 6.84. The van der Waals surface area contributed by atoms with Gasteiger partial charge < -0.3 is 9.57 Å². The van der Waals surface area contributed by atoms with E-state index >= 15 is 0 Å². The number of hydrogen-bond acceptors (Lipinski definition) is 5. The van der Waals surface area contributed by atoms with Gasteiger partial charge in [0.15, 0.2) is 0 Å². The van der Waals surface area contributed by atoms with E-state index in [0.717, 1.165) is 11.1 Å². The molecule has 8 heteroatoms. The molecular weight excluding hydrogens is 415 g/mol. The number of benzene rings is 3. The van der Waals surface area contributed by atoms with Gasteiger partial charge in [0.25, 0.3) is 5.69 Å². The van der Waals surface area contributed by atoms with Gasteiger partial charge in [-0.05, 0) is 29.8 Å². The Labute approximate surface area is 177 Å². The Morgan fingerprint density at radius 2 is 1.83 bits per heavy atom. The maximum Gasteiger partial charge on any atom is 0.269 e. The van der Waals surface area contributed by atoms with E-state index in [1.807, 2.05) is 30.3 Å². The summed E-state index contributed by atoms with van der Waals surface area (Å²) < 4.78 is 5.85. The van der Waals surface area contributed by atoms with Gasteiger partial charge >= 0.3 is 0 Å². The van der Waals surface area contributed by atoms with Crippen molar-refractivity contribution >= 4 is 35.1 Å². The number of nitro groups is 1. The molecule has 3 aromatic carbocycles. The molecule has 0 aliphatic rings. The molecule has 0 N–H and O–H groups in total. The standard InChI is InChI=1S/C21H16Cl2N2O4/c22-18-9-8-17(20(23)11-18)14-28-21-7-2-1-5-16(21)12-24-29-13-15-4-3-6-19(10-15)25(26)27/h1-12H,13-14H2/b24-12-. The van der Waals surface area contributed by atoms with Crippen molar-refractivity contribution in [3.8, 4) is 5.75 Å². The summed E-state index contributed by atoms with van der Waals surface area (Å²) in [7, 11) is 0. The third-order valence-corrected chi connectivity index (χ3v) is 4.52. The number of rotatable bonds is 8. The number of halogens is 2. The van der Waals surface area contributed by atoms with Crippen LogP contribution >= 0.6 is 23.2 Å². The molecule has 0 saturated carbocycles. The molecular formula is C21H16Cl2N2O4. The first kappa shape index (κ1) is 20.6. The number of ether oxygens (including phenoxy) is 1. The van der Waals surface area contributed by atoms with Crippen LogP contribution in [-0.4, -0.2) is 11.1 Å². The second-order valence-electron chi connectivity index (χ2n) is 6.00. The predicted octanol–water partition coefficient (Wildman–Crippen LogP) is 6.03. The van der Waals surface area contributed by atoms with Crippen LogP contribution in [0.4, 0.5) is 5.69 Å². The number of oxime groups is 1. The Bertz CT molecular complexity index is 1040. The lowest BCUT2D eigenvalue weighted by Gasteiger charge is -2.10. The predicted molar refractivity (Wildman–Crippen MR) is 113 cm³/mol. The van der Waals surface area contributed by atoms with Gasteiger partial charge in [-0.1, -0.05) is 58.7 Å². The Kier molecular flexibility index (Phi) is 7.05. The molecule has 0 heterocycles. The van der Waals surface area contributed by atoms with Crippen LogP contribution in [0.3, 0.4) is 0 Å². The summed E-state index contributed by atoms with van der Waals surface area (Å²) in [6, 6.07) is 18.8. The fraction of sp³-hybridized carbons (Fsp3) is 0.0952. The zero-order chi connectivity index (χ0) is 20.6. The van der Waals surface area contributed by atoms with E-state index in [0.29, 0.717) is 21.4 Å². The van der Waals surface area contributed by atoms with Crippen LogP contribution in [0.1, 0.15) is 16.7 Å². The normalized spacial score (nSPS) is 10.8. The topological polar surface area (TPSA) is 74.0 Å². The van der Waals surface area contributed by atoms with E-state index in [9.17, 15) is 10.1 Å². The van der Waals surface area contributed by atoms with Crippen molar-refractivity contribution < 1.29 is 14.5 Å². The Morgan fingerprint density at radius 1 is 1.00 bits per heavy atom. The third-order valence-electron chi connectivity index (χ3n) is 3.94. The summed E-state index contributed by atoms with van der Waals surface area (Å²) in [5, 5.41) is 15.8. The van der Waals surface area contributed by atoms with Crippen molar-refractivity contribution in [3.63, 3.8) is 0 Å². The van der Waals surface area contributed by atoms with Crippen LogP contribution in [0.25, 0.3) is 0 Å². The fourth-order valence-electron chi connectivity index (χ4n) is 2.48. The van der Waals surface area contributed by atoms with Crippen LogP contribution < -0.4 is 4.74 Å². The lowest BCUT2D eigenvalue weighted by atomic mass is 10.2. The van der Waals surface area contributed by atoms with Crippen molar-refractivity contribution in [2.45, 2.75) is 13.2 Å². The van der Waals surface area contributed by atoms with Gasteiger partial charge in [0.1, 0.15) is 19.0 Å². The molecule has 0 radical (unpaired) electrons. The molecule has 0 unspecified atom stereocenters. The molecule has 6 nitrogen and oxygen atoms in total. The highest BCUT2D eigenvalue weighted by atomic mass is 35.5. The largest absolute Gasteiger partial charge is 0.488 e. The average molecular weight is 431 g/mol. The lowest BCUT2D eigenvalue weighted by molar-refractivity contribution is -0.384. The molecule has 0 saturated heterocycles. The van der Waals surface area contributed by atoms with E-state index in [1.165, 1.54) is 18.3 Å². The summed E-state index contributed by atoms with van der Waals surface area (Å²) >= 11 is 12.1. The fourth-order valence-corrected chi connectivity index (χ4v) is 2.94. The van der Waals surface area contributed by atoms with Gasteiger partial charge in [-0.3, -0.25) is 10.1 Å². The summed E-state index contributed by atoms with van der Waals surface area (Å²) in [5.41, 5.74) is 2.19. The van der Waals surface area contributed by atoms with Crippen LogP contribution in [0.15, 0.2) is 71.9 Å². The minimum absolute atomic E-state index is 0.00897. The number of nitro benzene ring substituents is 1. The van der Waals surface area contributed by atoms with Crippen LogP contribution in [0.2, 0.25) is 10.0 Å². The summed E-state index contributed by atoms with van der Waals surface area (Å²) in [5.74, 6) is 0.612. The van der Waals surface area contributed by atoms with Gasteiger partial charge in [-0.25, -0.2) is 0 Å². The summed E-state index contributed by atoms with van der Waals surface area (Å²) in [6.07, 6.45) is 1.52. The first-order chi connectivity index (χ1) is 14.0. The smallest absolute Gasteiger partial charge is 0.269 e. The molecule has 0 spiro atoms. The average Bonchev–Trinajstić information content (AvgIpc) is 2.71. The number of hydrogen-bond donors (Lipinski definition) is 0. The van der Waals surface area contributed by atoms with Crippen molar-refractivity contribution in [2.24, 2.45) is 5.16 Å². The van der Waals surface area contributed by atoms with Crippen molar-refractivity contribution in [3.05, 3.63) is 104 Å². The maximum absolute atomic E-state index is 10.8. The molecule has 29 heavy (non-hydrogen) atoms. The highest BCUT2D eigenvalue weighted by Gasteiger charge is 2.07. The van der Waals surface area contributed by atoms with E-state index < -0.39 is 4.92 Å². The molecule has 0 bridgehead atoms. The quantitative estimate of drug-likeness (QED) is 0.248. The van der Waals surface area contributed by atoms with Crippen LogP contribution in [0, 0.1) is 10.1 Å². The van der Waals surface area contributed by atoms with Gasteiger partial charge in [-0.2, -0.15) is 0 Å². The summed E-state index contributed by atoms with van der Waals surface area (Å²) in [6.45, 7) is 0.386. The Morgan fingerprint density at radius 3 is 2.62 bits per heavy atom. The van der Waals surface area contributed by atoms with Crippen molar-refractivity contribution in [1.82, 2.24) is 0 Å². The maximum atomic E-state index is 10.8. The van der Waals surface area contributed by atoms with E-state index in [4.69, 9.17) is 32.8 Å². The highest BCUT2D eigenvalue weighted by molar-refractivity contribution is 6.35. The second kappa shape index (κ2) is 9.91. The first-order valence-corrected chi connectivity index (χ1v) is 9.33. The van der Waals surface area contributed by atoms with E-state index in [-0.39, 0.29) is 18.9 Å². The molecule has 0 fully saturated rings. The van der Waals surface area contributed by atoms with Crippen molar-refractivity contribution in [1.29, 1.82) is 0 Å². The number of non-ortho nitro benzene ring substituents is 1. The monoisotopic (exact) mass is 430 g/mol. The Hall–Kier alpha value is -3.09. The van der Waals surface area contributed by atoms with Gasteiger partial charge in [0.2, 0.25) is 0 Å².